The van der Waals surface area contributed by atoms with Gasteiger partial charge in [-0.25, -0.2) is 8.42 Å². The summed E-state index contributed by atoms with van der Waals surface area (Å²) >= 11 is 13.7. The number of hydrogen-bond donors (Lipinski definition) is 1. The van der Waals surface area contributed by atoms with Crippen LogP contribution in [0.5, 0.6) is 0 Å². The quantitative estimate of drug-likeness (QED) is 0.310. The highest BCUT2D eigenvalue weighted by molar-refractivity contribution is 7.99. The maximum Gasteiger partial charge on any atom is 0.264 e. The minimum absolute atomic E-state index is 0.0776. The van der Waals surface area contributed by atoms with Gasteiger partial charge < -0.3 is 5.32 Å². The first kappa shape index (κ1) is 24.5. The summed E-state index contributed by atoms with van der Waals surface area (Å²) in [5.74, 6) is 0.243. The third-order valence-electron chi connectivity index (χ3n) is 4.52. The third-order valence-corrected chi connectivity index (χ3v) is 8.06. The monoisotopic (exact) mass is 508 g/mol. The van der Waals surface area contributed by atoms with Gasteiger partial charge in [-0.1, -0.05) is 59.1 Å². The van der Waals surface area contributed by atoms with Gasteiger partial charge in [0.15, 0.2) is 0 Å². The molecule has 0 bridgehead atoms. The molecule has 0 fully saturated rings. The Bertz CT molecular complexity index is 1170. The molecule has 0 saturated heterocycles. The SMILES string of the molecule is Cc1ccc(SCCNC(=O)CN(c2ccc(Cl)c(Cl)c2)S(=O)(=O)c2ccccc2)cc1. The molecular weight excluding hydrogens is 487 g/mol. The Hall–Kier alpha value is -2.19. The lowest BCUT2D eigenvalue weighted by molar-refractivity contribution is -0.119. The maximum atomic E-state index is 13.3. The summed E-state index contributed by atoms with van der Waals surface area (Å²) in [5.41, 5.74) is 1.44. The van der Waals surface area contributed by atoms with Gasteiger partial charge in [-0.3, -0.25) is 9.10 Å². The minimum atomic E-state index is -3.99. The van der Waals surface area contributed by atoms with Crippen molar-refractivity contribution in [2.24, 2.45) is 0 Å². The van der Waals surface area contributed by atoms with Gasteiger partial charge in [0.2, 0.25) is 5.91 Å². The van der Waals surface area contributed by atoms with E-state index in [0.717, 1.165) is 9.20 Å². The van der Waals surface area contributed by atoms with Crippen LogP contribution in [0.15, 0.2) is 82.6 Å². The largest absolute Gasteiger partial charge is 0.354 e. The zero-order valence-electron chi connectivity index (χ0n) is 17.3. The number of carbonyl (C=O) groups excluding carboxylic acids is 1. The van der Waals surface area contributed by atoms with E-state index in [1.807, 2.05) is 31.2 Å². The Morgan fingerprint density at radius 2 is 1.66 bits per heavy atom. The molecule has 5 nitrogen and oxygen atoms in total. The normalized spacial score (nSPS) is 11.2. The molecule has 9 heteroatoms. The van der Waals surface area contributed by atoms with Crippen molar-refractivity contribution in [2.45, 2.75) is 16.7 Å². The van der Waals surface area contributed by atoms with E-state index >= 15 is 0 Å². The highest BCUT2D eigenvalue weighted by Gasteiger charge is 2.27. The standard InChI is InChI=1S/C23H22Cl2N2O3S2/c1-17-7-10-19(11-8-17)31-14-13-26-23(28)16-27(18-9-12-21(24)22(25)15-18)32(29,30)20-5-3-2-4-6-20/h2-12,15H,13-14,16H2,1H3,(H,26,28). The average molecular weight is 509 g/mol. The number of anilines is 1. The third kappa shape index (κ3) is 6.42. The van der Waals surface area contributed by atoms with E-state index in [1.54, 1.807) is 30.0 Å². The second-order valence-corrected chi connectivity index (χ2v) is 10.8. The van der Waals surface area contributed by atoms with E-state index in [2.05, 4.69) is 5.32 Å². The molecule has 0 aliphatic carbocycles. The molecule has 0 aromatic heterocycles. The van der Waals surface area contributed by atoms with Crippen LogP contribution in [0, 0.1) is 6.92 Å². The number of nitrogens with one attached hydrogen (secondary N) is 1. The van der Waals surface area contributed by atoms with Gasteiger partial charge in [-0.2, -0.15) is 0 Å². The molecular formula is C23H22Cl2N2O3S2. The van der Waals surface area contributed by atoms with E-state index in [9.17, 15) is 13.2 Å². The molecule has 0 heterocycles. The lowest BCUT2D eigenvalue weighted by atomic mass is 10.2. The van der Waals surface area contributed by atoms with E-state index in [1.165, 1.54) is 35.9 Å². The Morgan fingerprint density at radius 3 is 2.31 bits per heavy atom. The van der Waals surface area contributed by atoms with Crippen LogP contribution in [0.4, 0.5) is 5.69 Å². The number of hydrogen-bond acceptors (Lipinski definition) is 4. The molecule has 3 aromatic rings. The van der Waals surface area contributed by atoms with Crippen LogP contribution in [-0.2, 0) is 14.8 Å². The second-order valence-electron chi connectivity index (χ2n) is 6.93. The number of benzene rings is 3. The van der Waals surface area contributed by atoms with Gasteiger partial charge in [-0.15, -0.1) is 11.8 Å². The molecule has 1 amide bonds. The molecule has 0 saturated carbocycles. The van der Waals surface area contributed by atoms with Gasteiger partial charge in [0.25, 0.3) is 10.0 Å². The topological polar surface area (TPSA) is 66.5 Å². The van der Waals surface area contributed by atoms with Crippen LogP contribution < -0.4 is 9.62 Å². The fourth-order valence-electron chi connectivity index (χ4n) is 2.86. The zero-order chi connectivity index (χ0) is 23.1. The molecule has 0 unspecified atom stereocenters. The predicted molar refractivity (Wildman–Crippen MR) is 132 cm³/mol. The van der Waals surface area contributed by atoms with Crippen LogP contribution in [0.25, 0.3) is 0 Å². The highest BCUT2D eigenvalue weighted by Crippen LogP contribution is 2.30. The molecule has 0 spiro atoms. The predicted octanol–water partition coefficient (Wildman–Crippen LogP) is 5.41. The number of thioether (sulfide) groups is 1. The summed E-state index contributed by atoms with van der Waals surface area (Å²) in [5, 5.41) is 3.29. The summed E-state index contributed by atoms with van der Waals surface area (Å²) in [7, 11) is -3.99. The summed E-state index contributed by atoms with van der Waals surface area (Å²) in [4.78, 5) is 13.8. The fraction of sp³-hybridized carbons (Fsp3) is 0.174. The first-order chi connectivity index (χ1) is 15.3. The molecule has 3 aromatic carbocycles. The van der Waals surface area contributed by atoms with Crippen molar-refractivity contribution in [1.29, 1.82) is 0 Å². The summed E-state index contributed by atoms with van der Waals surface area (Å²) in [6.07, 6.45) is 0. The number of halogens is 2. The van der Waals surface area contributed by atoms with Crippen molar-refractivity contribution in [3.05, 3.63) is 88.4 Å². The van der Waals surface area contributed by atoms with E-state index < -0.39 is 15.9 Å². The first-order valence-corrected chi connectivity index (χ1v) is 12.9. The van der Waals surface area contributed by atoms with Crippen LogP contribution in [0.1, 0.15) is 5.56 Å². The molecule has 0 radical (unpaired) electrons. The maximum absolute atomic E-state index is 13.3. The van der Waals surface area contributed by atoms with Crippen molar-refractivity contribution < 1.29 is 13.2 Å². The van der Waals surface area contributed by atoms with Crippen molar-refractivity contribution in [2.75, 3.05) is 23.1 Å². The van der Waals surface area contributed by atoms with Gasteiger partial charge >= 0.3 is 0 Å². The summed E-state index contributed by atoms with van der Waals surface area (Å²) in [6.45, 7) is 2.04. The summed E-state index contributed by atoms with van der Waals surface area (Å²) in [6, 6.07) is 20.5. The highest BCUT2D eigenvalue weighted by atomic mass is 35.5. The minimum Gasteiger partial charge on any atom is -0.354 e. The molecule has 0 aliphatic heterocycles. The van der Waals surface area contributed by atoms with Crippen molar-refractivity contribution in [1.82, 2.24) is 5.32 Å². The lowest BCUT2D eigenvalue weighted by Gasteiger charge is -2.24. The van der Waals surface area contributed by atoms with Gasteiger partial charge in [0.1, 0.15) is 6.54 Å². The second kappa shape index (κ2) is 11.1. The average Bonchev–Trinajstić information content (AvgIpc) is 2.79. The Morgan fingerprint density at radius 1 is 0.969 bits per heavy atom. The molecule has 0 atom stereocenters. The number of sulfonamides is 1. The Balaban J connectivity index is 1.71. The fourth-order valence-corrected chi connectivity index (χ4v) is 5.35. The van der Waals surface area contributed by atoms with E-state index in [-0.39, 0.29) is 22.2 Å². The van der Waals surface area contributed by atoms with Gasteiger partial charge in [0, 0.05) is 17.2 Å². The molecule has 1 N–H and O–H groups in total. The molecule has 32 heavy (non-hydrogen) atoms. The summed E-state index contributed by atoms with van der Waals surface area (Å²) < 4.78 is 27.6. The molecule has 0 aliphatic rings. The Kier molecular flexibility index (Phi) is 8.48. The number of amides is 1. The van der Waals surface area contributed by atoms with Crippen molar-refractivity contribution in [3.8, 4) is 0 Å². The smallest absolute Gasteiger partial charge is 0.264 e. The van der Waals surface area contributed by atoms with Crippen LogP contribution in [0.3, 0.4) is 0 Å². The number of nitrogens with zero attached hydrogens (tertiary/aromatic N) is 1. The van der Waals surface area contributed by atoms with Gasteiger partial charge in [-0.05, 0) is 49.4 Å². The van der Waals surface area contributed by atoms with Crippen molar-refractivity contribution in [3.63, 3.8) is 0 Å². The zero-order valence-corrected chi connectivity index (χ0v) is 20.4. The Labute approximate surface area is 202 Å². The molecule has 3 rings (SSSR count). The number of aryl methyl sites for hydroxylation is 1. The van der Waals surface area contributed by atoms with Gasteiger partial charge in [0.05, 0.1) is 20.6 Å². The van der Waals surface area contributed by atoms with E-state index in [4.69, 9.17) is 23.2 Å². The number of rotatable bonds is 9. The van der Waals surface area contributed by atoms with Crippen LogP contribution in [0.2, 0.25) is 10.0 Å². The van der Waals surface area contributed by atoms with Crippen molar-refractivity contribution >= 4 is 56.6 Å². The lowest BCUT2D eigenvalue weighted by Crippen LogP contribution is -2.41. The van der Waals surface area contributed by atoms with Crippen LogP contribution in [-0.4, -0.2) is 33.2 Å². The number of carbonyl (C=O) groups is 1. The first-order valence-electron chi connectivity index (χ1n) is 9.76. The molecule has 168 valence electrons. The van der Waals surface area contributed by atoms with Crippen LogP contribution >= 0.6 is 35.0 Å². The van der Waals surface area contributed by atoms with E-state index in [0.29, 0.717) is 17.3 Å².